The number of carbonyl (C=O) groups is 1. The van der Waals surface area contributed by atoms with Crippen LogP contribution in [0.25, 0.3) is 0 Å². The first-order valence-corrected chi connectivity index (χ1v) is 16.8. The van der Waals surface area contributed by atoms with E-state index in [0.717, 1.165) is 32.8 Å². The molecule has 4 atom stereocenters. The highest BCUT2D eigenvalue weighted by atomic mass is 32.2. The maximum absolute atomic E-state index is 12.6. The molecule has 0 radical (unpaired) electrons. The van der Waals surface area contributed by atoms with Crippen LogP contribution < -0.4 is 10.0 Å². The molecule has 10 heteroatoms. The first-order valence-electron chi connectivity index (χ1n) is 14.4. The van der Waals surface area contributed by atoms with Gasteiger partial charge >= 0.3 is 0 Å². The fourth-order valence-corrected chi connectivity index (χ4v) is 7.09. The number of aliphatic hydroxyl groups is 1. The Labute approximate surface area is 262 Å². The summed E-state index contributed by atoms with van der Waals surface area (Å²) in [6.45, 7) is 3.73. The molecule has 4 aromatic carbocycles. The Balaban J connectivity index is 1.30. The van der Waals surface area contributed by atoms with Crippen LogP contribution in [0.2, 0.25) is 0 Å². The molecule has 44 heavy (non-hydrogen) atoms. The van der Waals surface area contributed by atoms with Gasteiger partial charge in [-0.15, -0.1) is 11.8 Å². The van der Waals surface area contributed by atoms with E-state index in [2.05, 4.69) is 17.0 Å². The van der Waals surface area contributed by atoms with Gasteiger partial charge in [-0.1, -0.05) is 73.7 Å². The fraction of sp³-hybridized carbons (Fsp3) is 0.265. The smallest absolute Gasteiger partial charge is 0.240 e. The summed E-state index contributed by atoms with van der Waals surface area (Å²) in [7, 11) is -3.62. The molecule has 1 aliphatic rings. The van der Waals surface area contributed by atoms with Gasteiger partial charge in [0.1, 0.15) is 0 Å². The minimum atomic E-state index is -3.62. The van der Waals surface area contributed by atoms with Crippen molar-refractivity contribution in [1.82, 2.24) is 4.72 Å². The van der Waals surface area contributed by atoms with Crippen LogP contribution in [0, 0.1) is 5.92 Å². The third-order valence-electron chi connectivity index (χ3n) is 7.48. The molecule has 5 rings (SSSR count). The van der Waals surface area contributed by atoms with Crippen molar-refractivity contribution in [1.29, 1.82) is 0 Å². The van der Waals surface area contributed by atoms with E-state index < -0.39 is 16.3 Å². The molecule has 0 saturated carbocycles. The highest BCUT2D eigenvalue weighted by Crippen LogP contribution is 2.43. The van der Waals surface area contributed by atoms with Crippen molar-refractivity contribution >= 4 is 33.4 Å². The molecule has 0 spiro atoms. The largest absolute Gasteiger partial charge is 0.392 e. The summed E-state index contributed by atoms with van der Waals surface area (Å²) in [5.41, 5.74) is 4.23. The van der Waals surface area contributed by atoms with Crippen LogP contribution in [0.3, 0.4) is 0 Å². The topological polar surface area (TPSA) is 114 Å². The van der Waals surface area contributed by atoms with Gasteiger partial charge in [-0.2, -0.15) is 0 Å². The van der Waals surface area contributed by atoms with Gasteiger partial charge in [0.05, 0.1) is 23.7 Å². The standard InChI is InChI=1S/C34H36N2O6S2/c1-23-32(22-43-30-18-16-29(17-19-30)36-24(2)38)41-34(42-33(23)27-12-10-26(21-37)11-13-27)28-14-8-25(9-15-28)20-35-44(39,40)31-6-4-3-5-7-31/h3-19,23,32-35,37H,20-22H2,1-2H3,(H,36,38)/t23-,32+,33+,34+/m1/s1. The normalized spacial score (nSPS) is 20.2. The number of anilines is 1. The lowest BCUT2D eigenvalue weighted by molar-refractivity contribution is -0.268. The maximum Gasteiger partial charge on any atom is 0.240 e. The molecule has 1 amide bonds. The van der Waals surface area contributed by atoms with Crippen molar-refractivity contribution < 1.29 is 27.8 Å². The van der Waals surface area contributed by atoms with Crippen molar-refractivity contribution in [3.63, 3.8) is 0 Å². The van der Waals surface area contributed by atoms with Gasteiger partial charge in [-0.25, -0.2) is 13.1 Å². The number of carbonyl (C=O) groups excluding carboxylic acids is 1. The van der Waals surface area contributed by atoms with E-state index in [4.69, 9.17) is 9.47 Å². The second kappa shape index (κ2) is 14.5. The summed E-state index contributed by atoms with van der Waals surface area (Å²) >= 11 is 1.68. The number of benzene rings is 4. The third-order valence-corrected chi connectivity index (χ3v) is 10.0. The summed E-state index contributed by atoms with van der Waals surface area (Å²) in [6, 6.07) is 31.4. The van der Waals surface area contributed by atoms with Crippen molar-refractivity contribution in [3.8, 4) is 0 Å². The second-order valence-corrected chi connectivity index (χ2v) is 13.6. The lowest BCUT2D eigenvalue weighted by Crippen LogP contribution is -2.38. The number of rotatable bonds is 11. The summed E-state index contributed by atoms with van der Waals surface area (Å²) in [4.78, 5) is 12.6. The van der Waals surface area contributed by atoms with E-state index in [0.29, 0.717) is 5.75 Å². The van der Waals surface area contributed by atoms with E-state index in [1.165, 1.54) is 6.92 Å². The molecule has 0 aliphatic carbocycles. The predicted molar refractivity (Wildman–Crippen MR) is 171 cm³/mol. The highest BCUT2D eigenvalue weighted by Gasteiger charge is 2.38. The van der Waals surface area contributed by atoms with Crippen LogP contribution in [-0.4, -0.2) is 31.3 Å². The number of thioether (sulfide) groups is 1. The van der Waals surface area contributed by atoms with Crippen molar-refractivity contribution in [2.75, 3.05) is 11.1 Å². The number of ether oxygens (including phenoxy) is 2. The van der Waals surface area contributed by atoms with Crippen molar-refractivity contribution in [2.24, 2.45) is 5.92 Å². The van der Waals surface area contributed by atoms with E-state index in [9.17, 15) is 18.3 Å². The van der Waals surface area contributed by atoms with Crippen LogP contribution in [0.15, 0.2) is 113 Å². The number of nitrogens with one attached hydrogen (secondary N) is 2. The van der Waals surface area contributed by atoms with Gasteiger partial charge in [0.2, 0.25) is 15.9 Å². The first-order chi connectivity index (χ1) is 21.2. The van der Waals surface area contributed by atoms with Crippen LogP contribution >= 0.6 is 11.8 Å². The zero-order valence-electron chi connectivity index (χ0n) is 24.6. The quantitative estimate of drug-likeness (QED) is 0.169. The molecule has 0 bridgehead atoms. The molecule has 0 unspecified atom stereocenters. The number of hydrogen-bond acceptors (Lipinski definition) is 7. The first kappa shape index (κ1) is 31.9. The monoisotopic (exact) mass is 632 g/mol. The van der Waals surface area contributed by atoms with Gasteiger partial charge in [-0.05, 0) is 53.1 Å². The van der Waals surface area contributed by atoms with E-state index in [1.54, 1.807) is 42.1 Å². The Morgan fingerprint density at radius 1 is 0.841 bits per heavy atom. The SMILES string of the molecule is CC(=O)Nc1ccc(SC[C@@H]2O[C@H](c3ccc(CNS(=O)(=O)c4ccccc4)cc3)O[C@H](c3ccc(CO)cc3)[C@@H]2C)cc1. The Hall–Kier alpha value is -3.51. The Bertz CT molecular complexity index is 1630. The average Bonchev–Trinajstić information content (AvgIpc) is 3.04. The molecule has 1 fully saturated rings. The molecule has 1 heterocycles. The zero-order chi connectivity index (χ0) is 31.1. The van der Waals surface area contributed by atoms with Gasteiger partial charge in [0.25, 0.3) is 0 Å². The van der Waals surface area contributed by atoms with Crippen LogP contribution in [0.4, 0.5) is 5.69 Å². The second-order valence-electron chi connectivity index (χ2n) is 10.7. The molecule has 1 saturated heterocycles. The Morgan fingerprint density at radius 3 is 2.11 bits per heavy atom. The summed E-state index contributed by atoms with van der Waals surface area (Å²) in [5.74, 6) is 0.606. The molecular weight excluding hydrogens is 597 g/mol. The van der Waals surface area contributed by atoms with Crippen LogP contribution in [0.5, 0.6) is 0 Å². The van der Waals surface area contributed by atoms with Crippen molar-refractivity contribution in [3.05, 3.63) is 125 Å². The molecular formula is C34H36N2O6S2. The lowest BCUT2D eigenvalue weighted by atomic mass is 9.91. The predicted octanol–water partition coefficient (Wildman–Crippen LogP) is 6.20. The zero-order valence-corrected chi connectivity index (χ0v) is 26.2. The molecule has 0 aromatic heterocycles. The van der Waals surface area contributed by atoms with Crippen LogP contribution in [-0.2, 0) is 37.4 Å². The molecule has 4 aromatic rings. The lowest BCUT2D eigenvalue weighted by Gasteiger charge is -2.41. The number of aliphatic hydroxyl groups excluding tert-OH is 1. The summed E-state index contributed by atoms with van der Waals surface area (Å²) < 4.78 is 41.0. The minimum Gasteiger partial charge on any atom is -0.392 e. The molecule has 230 valence electrons. The molecule has 1 aliphatic heterocycles. The summed E-state index contributed by atoms with van der Waals surface area (Å²) in [6.07, 6.45) is -1.02. The van der Waals surface area contributed by atoms with Gasteiger partial charge in [0, 0.05) is 41.3 Å². The van der Waals surface area contributed by atoms with Crippen molar-refractivity contribution in [2.45, 2.75) is 55.3 Å². The Morgan fingerprint density at radius 2 is 1.48 bits per heavy atom. The average molecular weight is 633 g/mol. The maximum atomic E-state index is 12.6. The van der Waals surface area contributed by atoms with Gasteiger partial charge in [0.15, 0.2) is 6.29 Å². The minimum absolute atomic E-state index is 0.0268. The van der Waals surface area contributed by atoms with E-state index in [1.807, 2.05) is 72.8 Å². The summed E-state index contributed by atoms with van der Waals surface area (Å²) in [5, 5.41) is 12.3. The molecule has 3 N–H and O–H groups in total. The number of amides is 1. The van der Waals surface area contributed by atoms with Gasteiger partial charge in [-0.3, -0.25) is 4.79 Å². The highest BCUT2D eigenvalue weighted by molar-refractivity contribution is 7.99. The number of hydrogen-bond donors (Lipinski definition) is 3. The van der Waals surface area contributed by atoms with Crippen LogP contribution in [0.1, 0.15) is 48.5 Å². The van der Waals surface area contributed by atoms with E-state index >= 15 is 0 Å². The molecule has 8 nitrogen and oxygen atoms in total. The third kappa shape index (κ3) is 8.15. The fourth-order valence-electron chi connectivity index (χ4n) is 4.98. The Kier molecular flexibility index (Phi) is 10.5. The van der Waals surface area contributed by atoms with Gasteiger partial charge < -0.3 is 19.9 Å². The van der Waals surface area contributed by atoms with E-state index in [-0.39, 0.29) is 42.1 Å². The number of sulfonamides is 1.